The molecule has 0 amide bonds. The highest BCUT2D eigenvalue weighted by molar-refractivity contribution is 7.89. The summed E-state index contributed by atoms with van der Waals surface area (Å²) in [4.78, 5) is 0. The quantitative estimate of drug-likeness (QED) is 0.713. The van der Waals surface area contributed by atoms with Crippen LogP contribution in [0.1, 0.15) is 0 Å². The van der Waals surface area contributed by atoms with Crippen LogP contribution in [0.4, 0.5) is 5.69 Å². The van der Waals surface area contributed by atoms with Gasteiger partial charge >= 0.3 is 0 Å². The number of benzene rings is 1. The van der Waals surface area contributed by atoms with E-state index in [0.29, 0.717) is 0 Å². The Morgan fingerprint density at radius 3 is 3.00 bits per heavy atom. The van der Waals surface area contributed by atoms with Gasteiger partial charge in [-0.2, -0.15) is 5.10 Å². The van der Waals surface area contributed by atoms with Crippen molar-refractivity contribution in [3.8, 4) is 0 Å². The first kappa shape index (κ1) is 10.9. The van der Waals surface area contributed by atoms with Gasteiger partial charge in [-0.3, -0.25) is 5.10 Å². The second-order valence-electron chi connectivity index (χ2n) is 3.43. The van der Waals surface area contributed by atoms with Gasteiger partial charge in [-0.05, 0) is 12.1 Å². The lowest BCUT2D eigenvalue weighted by Crippen LogP contribution is -2.22. The molecule has 1 aromatic heterocycles. The minimum atomic E-state index is -3.42. The molecule has 0 radical (unpaired) electrons. The first-order valence-electron chi connectivity index (χ1n) is 4.73. The van der Waals surface area contributed by atoms with Gasteiger partial charge in [-0.1, -0.05) is 6.07 Å². The highest BCUT2D eigenvalue weighted by Crippen LogP contribution is 2.20. The Morgan fingerprint density at radius 1 is 1.44 bits per heavy atom. The molecule has 86 valence electrons. The maximum Gasteiger partial charge on any atom is 0.210 e. The molecule has 1 aromatic carbocycles. The van der Waals surface area contributed by atoms with Gasteiger partial charge in [0.25, 0.3) is 0 Å². The van der Waals surface area contributed by atoms with Crippen molar-refractivity contribution >= 4 is 26.6 Å². The predicted octanol–water partition coefficient (Wildman–Crippen LogP) is 0.263. The van der Waals surface area contributed by atoms with E-state index in [9.17, 15) is 8.42 Å². The molecule has 1 heterocycles. The van der Waals surface area contributed by atoms with Gasteiger partial charge in [0.05, 0.1) is 17.5 Å². The van der Waals surface area contributed by atoms with E-state index in [1.807, 2.05) is 18.2 Å². The Kier molecular flexibility index (Phi) is 2.80. The number of fused-ring (bicyclic) bond motifs is 1. The lowest BCUT2D eigenvalue weighted by Gasteiger charge is -2.05. The van der Waals surface area contributed by atoms with Crippen LogP contribution in [-0.4, -0.2) is 30.9 Å². The molecule has 0 saturated heterocycles. The van der Waals surface area contributed by atoms with Crippen LogP contribution in [0.3, 0.4) is 0 Å². The van der Waals surface area contributed by atoms with E-state index < -0.39 is 10.0 Å². The van der Waals surface area contributed by atoms with E-state index >= 15 is 0 Å². The number of aromatic nitrogens is 2. The number of anilines is 1. The zero-order chi connectivity index (χ0) is 11.6. The molecule has 7 heteroatoms. The molecule has 0 atom stereocenters. The first-order chi connectivity index (χ1) is 7.56. The molecule has 0 aliphatic heterocycles. The molecule has 2 rings (SSSR count). The molecule has 0 fully saturated rings. The second kappa shape index (κ2) is 4.11. The number of primary sulfonamides is 1. The zero-order valence-corrected chi connectivity index (χ0v) is 9.29. The molecule has 0 saturated carbocycles. The summed E-state index contributed by atoms with van der Waals surface area (Å²) in [6.07, 6.45) is 1.69. The summed E-state index contributed by atoms with van der Waals surface area (Å²) in [5.41, 5.74) is 1.75. The van der Waals surface area contributed by atoms with E-state index in [-0.39, 0.29) is 12.3 Å². The van der Waals surface area contributed by atoms with Crippen molar-refractivity contribution in [3.63, 3.8) is 0 Å². The largest absolute Gasteiger partial charge is 0.383 e. The van der Waals surface area contributed by atoms with E-state index in [2.05, 4.69) is 15.5 Å². The molecule has 4 N–H and O–H groups in total. The van der Waals surface area contributed by atoms with Crippen LogP contribution in [0.5, 0.6) is 0 Å². The fraction of sp³-hybridized carbons (Fsp3) is 0.222. The molecule has 0 bridgehead atoms. The van der Waals surface area contributed by atoms with Gasteiger partial charge in [-0.25, -0.2) is 13.6 Å². The number of rotatable bonds is 4. The van der Waals surface area contributed by atoms with Crippen molar-refractivity contribution in [2.75, 3.05) is 17.6 Å². The summed E-state index contributed by atoms with van der Waals surface area (Å²) in [5.74, 6) is -0.0960. The summed E-state index contributed by atoms with van der Waals surface area (Å²) < 4.78 is 21.5. The molecule has 0 spiro atoms. The number of aromatic amines is 1. The zero-order valence-electron chi connectivity index (χ0n) is 8.47. The Morgan fingerprint density at radius 2 is 2.25 bits per heavy atom. The van der Waals surface area contributed by atoms with Gasteiger partial charge in [0.1, 0.15) is 0 Å². The highest BCUT2D eigenvalue weighted by Gasteiger charge is 2.04. The minimum absolute atomic E-state index is 0.0960. The first-order valence-corrected chi connectivity index (χ1v) is 6.44. The third kappa shape index (κ3) is 2.50. The fourth-order valence-electron chi connectivity index (χ4n) is 1.45. The van der Waals surface area contributed by atoms with Crippen LogP contribution < -0.4 is 10.5 Å². The van der Waals surface area contributed by atoms with Gasteiger partial charge in [0.15, 0.2) is 0 Å². The topological polar surface area (TPSA) is 101 Å². The Balaban J connectivity index is 2.12. The molecule has 0 aliphatic rings. The van der Waals surface area contributed by atoms with E-state index in [1.165, 1.54) is 0 Å². The Hall–Kier alpha value is -1.60. The summed E-state index contributed by atoms with van der Waals surface area (Å²) >= 11 is 0. The number of nitrogens with one attached hydrogen (secondary N) is 2. The van der Waals surface area contributed by atoms with E-state index in [4.69, 9.17) is 5.14 Å². The number of nitrogens with zero attached hydrogens (tertiary/aromatic N) is 1. The van der Waals surface area contributed by atoms with Crippen molar-refractivity contribution < 1.29 is 8.42 Å². The number of nitrogens with two attached hydrogens (primary N) is 1. The van der Waals surface area contributed by atoms with Crippen molar-refractivity contribution in [2.45, 2.75) is 0 Å². The monoisotopic (exact) mass is 240 g/mol. The van der Waals surface area contributed by atoms with Crippen LogP contribution in [0.2, 0.25) is 0 Å². The number of hydrogen-bond donors (Lipinski definition) is 3. The summed E-state index contributed by atoms with van der Waals surface area (Å²) in [5, 5.41) is 15.6. The maximum atomic E-state index is 10.8. The van der Waals surface area contributed by atoms with Crippen molar-refractivity contribution in [1.29, 1.82) is 0 Å². The average molecular weight is 240 g/mol. The van der Waals surface area contributed by atoms with Gasteiger partial charge < -0.3 is 5.32 Å². The van der Waals surface area contributed by atoms with Crippen molar-refractivity contribution in [1.82, 2.24) is 10.2 Å². The minimum Gasteiger partial charge on any atom is -0.383 e. The van der Waals surface area contributed by atoms with Crippen LogP contribution >= 0.6 is 0 Å². The SMILES string of the molecule is NS(=O)(=O)CCNc1cccc2[nH]ncc12. The number of H-pyrrole nitrogens is 1. The van der Waals surface area contributed by atoms with Crippen LogP contribution in [0.15, 0.2) is 24.4 Å². The number of sulfonamides is 1. The Labute approximate surface area is 92.9 Å². The molecule has 16 heavy (non-hydrogen) atoms. The molecule has 2 aromatic rings. The fourth-order valence-corrected chi connectivity index (χ4v) is 1.84. The lowest BCUT2D eigenvalue weighted by molar-refractivity contribution is 0.598. The standard InChI is InChI=1S/C9H12N4O2S/c10-16(14,15)5-4-11-8-2-1-3-9-7(8)6-12-13-9/h1-3,6,11H,4-5H2,(H,12,13)(H2,10,14,15). The summed E-state index contributed by atoms with van der Waals surface area (Å²) in [6.45, 7) is 0.281. The number of hydrogen-bond acceptors (Lipinski definition) is 4. The molecule has 0 unspecified atom stereocenters. The summed E-state index contributed by atoms with van der Waals surface area (Å²) in [7, 11) is -3.42. The molecular formula is C9H12N4O2S. The van der Waals surface area contributed by atoms with Crippen molar-refractivity contribution in [2.24, 2.45) is 5.14 Å². The lowest BCUT2D eigenvalue weighted by atomic mass is 10.2. The van der Waals surface area contributed by atoms with Gasteiger partial charge in [0, 0.05) is 17.6 Å². The third-order valence-corrected chi connectivity index (χ3v) is 2.96. The van der Waals surface area contributed by atoms with E-state index in [0.717, 1.165) is 16.6 Å². The third-order valence-electron chi connectivity index (χ3n) is 2.19. The Bertz CT molecular complexity index is 590. The molecular weight excluding hydrogens is 228 g/mol. The van der Waals surface area contributed by atoms with Gasteiger partial charge in [0.2, 0.25) is 10.0 Å². The highest BCUT2D eigenvalue weighted by atomic mass is 32.2. The second-order valence-corrected chi connectivity index (χ2v) is 5.16. The maximum absolute atomic E-state index is 10.8. The van der Waals surface area contributed by atoms with Crippen LogP contribution in [-0.2, 0) is 10.0 Å². The summed E-state index contributed by atoms with van der Waals surface area (Å²) in [6, 6.07) is 5.62. The normalized spacial score (nSPS) is 11.8. The predicted molar refractivity (Wildman–Crippen MR) is 62.6 cm³/mol. The van der Waals surface area contributed by atoms with Crippen molar-refractivity contribution in [3.05, 3.63) is 24.4 Å². The molecule has 6 nitrogen and oxygen atoms in total. The average Bonchev–Trinajstić information content (AvgIpc) is 2.64. The van der Waals surface area contributed by atoms with Gasteiger partial charge in [-0.15, -0.1) is 0 Å². The molecule has 0 aliphatic carbocycles. The van der Waals surface area contributed by atoms with Crippen LogP contribution in [0.25, 0.3) is 10.9 Å². The van der Waals surface area contributed by atoms with Crippen LogP contribution in [0, 0.1) is 0 Å². The smallest absolute Gasteiger partial charge is 0.210 e. The van der Waals surface area contributed by atoms with E-state index in [1.54, 1.807) is 6.20 Å².